The molecule has 6 heteroatoms. The van der Waals surface area contributed by atoms with Crippen molar-refractivity contribution in [1.82, 2.24) is 16.0 Å². The van der Waals surface area contributed by atoms with Crippen molar-refractivity contribution < 1.29 is 4.79 Å². The highest BCUT2D eigenvalue weighted by Gasteiger charge is 2.13. The summed E-state index contributed by atoms with van der Waals surface area (Å²) < 4.78 is 0. The van der Waals surface area contributed by atoms with Gasteiger partial charge in [-0.15, -0.1) is 24.0 Å². The molecule has 0 aliphatic rings. The summed E-state index contributed by atoms with van der Waals surface area (Å²) in [6.45, 7) is 11.8. The average molecular weight is 384 g/mol. The molecule has 3 N–H and O–H groups in total. The van der Waals surface area contributed by atoms with Crippen molar-refractivity contribution in [3.8, 4) is 0 Å². The Morgan fingerprint density at radius 3 is 2.26 bits per heavy atom. The smallest absolute Gasteiger partial charge is 0.242 e. The number of aliphatic imine (C=N–C) groups is 1. The number of halogens is 1. The van der Waals surface area contributed by atoms with Gasteiger partial charge in [-0.3, -0.25) is 4.79 Å². The Morgan fingerprint density at radius 1 is 1.16 bits per heavy atom. The van der Waals surface area contributed by atoms with Crippen molar-refractivity contribution in [2.45, 2.75) is 53.0 Å². The molecule has 0 saturated heterocycles. The van der Waals surface area contributed by atoms with Crippen LogP contribution in [-0.4, -0.2) is 37.0 Å². The minimum Gasteiger partial charge on any atom is -0.357 e. The van der Waals surface area contributed by atoms with Crippen LogP contribution < -0.4 is 16.0 Å². The number of nitrogens with one attached hydrogen (secondary N) is 3. The fraction of sp³-hybridized carbons (Fsp3) is 0.846. The lowest BCUT2D eigenvalue weighted by molar-refractivity contribution is -0.121. The number of guanidine groups is 1. The Balaban J connectivity index is 0. The van der Waals surface area contributed by atoms with Gasteiger partial charge in [0.25, 0.3) is 0 Å². The van der Waals surface area contributed by atoms with Crippen LogP contribution in [0.4, 0.5) is 0 Å². The number of carbonyl (C=O) groups excluding carboxylic acids is 1. The molecule has 1 amide bonds. The molecule has 0 aromatic rings. The van der Waals surface area contributed by atoms with Crippen LogP contribution in [0.15, 0.2) is 4.99 Å². The molecule has 0 fully saturated rings. The van der Waals surface area contributed by atoms with Gasteiger partial charge in [-0.05, 0) is 34.1 Å². The van der Waals surface area contributed by atoms with E-state index in [1.165, 1.54) is 0 Å². The van der Waals surface area contributed by atoms with Crippen molar-refractivity contribution >= 4 is 35.8 Å². The number of carbonyl (C=O) groups is 1. The minimum atomic E-state index is -0.208. The van der Waals surface area contributed by atoms with Gasteiger partial charge in [-0.1, -0.05) is 13.3 Å². The monoisotopic (exact) mass is 384 g/mol. The number of nitrogens with zero attached hydrogens (tertiary/aromatic N) is 1. The van der Waals surface area contributed by atoms with Crippen molar-refractivity contribution in [2.75, 3.05) is 19.6 Å². The van der Waals surface area contributed by atoms with E-state index >= 15 is 0 Å². The normalized spacial score (nSPS) is 11.5. The Hall–Kier alpha value is -0.530. The Bertz CT molecular complexity index is 274. The summed E-state index contributed by atoms with van der Waals surface area (Å²) in [5, 5.41) is 9.20. The molecule has 0 heterocycles. The van der Waals surface area contributed by atoms with Crippen molar-refractivity contribution in [2.24, 2.45) is 4.99 Å². The molecule has 114 valence electrons. The Labute approximate surface area is 134 Å². The molecule has 19 heavy (non-hydrogen) atoms. The minimum absolute atomic E-state index is 0. The van der Waals surface area contributed by atoms with Gasteiger partial charge in [-0.2, -0.15) is 0 Å². The van der Waals surface area contributed by atoms with Crippen LogP contribution in [0.5, 0.6) is 0 Å². The summed E-state index contributed by atoms with van der Waals surface area (Å²) in [5.41, 5.74) is -0.208. The summed E-state index contributed by atoms with van der Waals surface area (Å²) in [7, 11) is 0. The second-order valence-corrected chi connectivity index (χ2v) is 5.27. The topological polar surface area (TPSA) is 65.5 Å². The average Bonchev–Trinajstić information content (AvgIpc) is 2.24. The quantitative estimate of drug-likeness (QED) is 0.284. The molecule has 0 saturated carbocycles. The van der Waals surface area contributed by atoms with Crippen LogP contribution in [0, 0.1) is 0 Å². The van der Waals surface area contributed by atoms with E-state index in [-0.39, 0.29) is 42.0 Å². The van der Waals surface area contributed by atoms with E-state index in [0.717, 1.165) is 25.9 Å². The molecule has 0 bridgehead atoms. The van der Waals surface area contributed by atoms with Crippen molar-refractivity contribution in [3.63, 3.8) is 0 Å². The van der Waals surface area contributed by atoms with Crippen LogP contribution in [-0.2, 0) is 4.79 Å². The van der Waals surface area contributed by atoms with Crippen LogP contribution >= 0.6 is 24.0 Å². The lowest BCUT2D eigenvalue weighted by Gasteiger charge is -2.20. The van der Waals surface area contributed by atoms with Crippen LogP contribution in [0.25, 0.3) is 0 Å². The van der Waals surface area contributed by atoms with Gasteiger partial charge in [0.15, 0.2) is 5.96 Å². The maximum absolute atomic E-state index is 11.6. The first kappa shape index (κ1) is 20.8. The zero-order valence-electron chi connectivity index (χ0n) is 12.8. The van der Waals surface area contributed by atoms with Crippen LogP contribution in [0.2, 0.25) is 0 Å². The summed E-state index contributed by atoms with van der Waals surface area (Å²) in [4.78, 5) is 15.9. The van der Waals surface area contributed by atoms with E-state index in [1.54, 1.807) is 0 Å². The Morgan fingerprint density at radius 2 is 1.79 bits per heavy atom. The van der Waals surface area contributed by atoms with Gasteiger partial charge in [0.05, 0.1) is 0 Å². The maximum atomic E-state index is 11.6. The van der Waals surface area contributed by atoms with E-state index in [2.05, 4.69) is 27.9 Å². The van der Waals surface area contributed by atoms with Gasteiger partial charge in [-0.25, -0.2) is 4.99 Å². The molecule has 5 nitrogen and oxygen atoms in total. The van der Waals surface area contributed by atoms with Gasteiger partial charge in [0.1, 0.15) is 6.54 Å². The first-order chi connectivity index (χ1) is 8.39. The first-order valence-corrected chi connectivity index (χ1v) is 6.72. The highest BCUT2D eigenvalue weighted by Crippen LogP contribution is 1.97. The molecular weight excluding hydrogens is 355 g/mol. The highest BCUT2D eigenvalue weighted by atomic mass is 127. The fourth-order valence-electron chi connectivity index (χ4n) is 1.33. The lowest BCUT2D eigenvalue weighted by Crippen LogP contribution is -2.43. The van der Waals surface area contributed by atoms with Gasteiger partial charge >= 0.3 is 0 Å². The number of hydrogen-bond donors (Lipinski definition) is 3. The van der Waals surface area contributed by atoms with Crippen molar-refractivity contribution in [1.29, 1.82) is 0 Å². The van der Waals surface area contributed by atoms with Crippen LogP contribution in [0.1, 0.15) is 47.5 Å². The maximum Gasteiger partial charge on any atom is 0.242 e. The molecule has 0 rings (SSSR count). The van der Waals surface area contributed by atoms with E-state index < -0.39 is 0 Å². The Kier molecular flexibility index (Phi) is 12.4. The molecule has 0 aromatic heterocycles. The SMILES string of the molecule is CCCCNC(=NCC(=O)NC(C)(C)C)NCC.I. The van der Waals surface area contributed by atoms with Gasteiger partial charge in [0, 0.05) is 18.6 Å². The molecule has 0 spiro atoms. The zero-order chi connectivity index (χ0) is 14.0. The molecular formula is C13H29IN4O. The predicted octanol–water partition coefficient (Wildman–Crippen LogP) is 1.87. The summed E-state index contributed by atoms with van der Waals surface area (Å²) in [6, 6.07) is 0. The summed E-state index contributed by atoms with van der Waals surface area (Å²) in [6.07, 6.45) is 2.23. The lowest BCUT2D eigenvalue weighted by atomic mass is 10.1. The van der Waals surface area contributed by atoms with E-state index in [9.17, 15) is 4.79 Å². The largest absolute Gasteiger partial charge is 0.357 e. The molecule has 0 atom stereocenters. The fourth-order valence-corrected chi connectivity index (χ4v) is 1.33. The van der Waals surface area contributed by atoms with Gasteiger partial charge in [0.2, 0.25) is 5.91 Å². The van der Waals surface area contributed by atoms with E-state index in [4.69, 9.17) is 0 Å². The molecule has 0 unspecified atom stereocenters. The molecule has 0 radical (unpaired) electrons. The van der Waals surface area contributed by atoms with E-state index in [1.807, 2.05) is 27.7 Å². The molecule has 0 aliphatic heterocycles. The third kappa shape index (κ3) is 13.7. The predicted molar refractivity (Wildman–Crippen MR) is 92.2 cm³/mol. The standard InChI is InChI=1S/C13H28N4O.HI/c1-6-8-9-15-12(14-7-2)16-10-11(18)17-13(3,4)5;/h6-10H2,1-5H3,(H,17,18)(H2,14,15,16);1H. The molecule has 0 aromatic carbocycles. The number of amides is 1. The summed E-state index contributed by atoms with van der Waals surface area (Å²) >= 11 is 0. The molecule has 0 aliphatic carbocycles. The van der Waals surface area contributed by atoms with Crippen molar-refractivity contribution in [3.05, 3.63) is 0 Å². The van der Waals surface area contributed by atoms with E-state index in [0.29, 0.717) is 5.96 Å². The second kappa shape index (κ2) is 11.3. The highest BCUT2D eigenvalue weighted by molar-refractivity contribution is 14.0. The zero-order valence-corrected chi connectivity index (χ0v) is 15.1. The third-order valence-corrected chi connectivity index (χ3v) is 2.06. The third-order valence-electron chi connectivity index (χ3n) is 2.06. The summed E-state index contributed by atoms with van der Waals surface area (Å²) in [5.74, 6) is 0.644. The number of hydrogen-bond acceptors (Lipinski definition) is 2. The number of rotatable bonds is 6. The van der Waals surface area contributed by atoms with Gasteiger partial charge < -0.3 is 16.0 Å². The second-order valence-electron chi connectivity index (χ2n) is 5.27. The van der Waals surface area contributed by atoms with Crippen LogP contribution in [0.3, 0.4) is 0 Å². The first-order valence-electron chi connectivity index (χ1n) is 6.72. The number of unbranched alkanes of at least 4 members (excludes halogenated alkanes) is 1.